The number of aromatic nitrogens is 2. The average Bonchev–Trinajstić information content (AvgIpc) is 3.51. The highest BCUT2D eigenvalue weighted by Gasteiger charge is 2.42. The molecular weight excluding hydrogens is 538 g/mol. The fourth-order valence-corrected chi connectivity index (χ4v) is 7.59. The molecule has 36 heavy (non-hydrogen) atoms. The van der Waals surface area contributed by atoms with Crippen LogP contribution in [0.3, 0.4) is 0 Å². The van der Waals surface area contributed by atoms with E-state index in [1.807, 2.05) is 49.5 Å². The summed E-state index contributed by atoms with van der Waals surface area (Å²) in [6.45, 7) is 2.39. The first-order valence-corrected chi connectivity index (χ1v) is 14.7. The average molecular weight is 560 g/mol. The fourth-order valence-electron chi connectivity index (χ4n) is 4.27. The van der Waals surface area contributed by atoms with E-state index in [2.05, 4.69) is 0 Å². The molecule has 1 unspecified atom stereocenters. The lowest BCUT2D eigenvalue weighted by Gasteiger charge is -2.20. The van der Waals surface area contributed by atoms with Crippen molar-refractivity contribution >= 4 is 61.7 Å². The number of nitrogens with zero attached hydrogens (tertiary/aromatic N) is 3. The van der Waals surface area contributed by atoms with Gasteiger partial charge in [0.1, 0.15) is 15.8 Å². The molecule has 11 heteroatoms. The van der Waals surface area contributed by atoms with Crippen molar-refractivity contribution in [2.24, 2.45) is 0 Å². The van der Waals surface area contributed by atoms with Crippen molar-refractivity contribution < 1.29 is 17.9 Å². The lowest BCUT2D eigenvalue weighted by molar-refractivity contribution is -0.123. The van der Waals surface area contributed by atoms with Gasteiger partial charge in [0.25, 0.3) is 5.91 Å². The number of halogens is 1. The van der Waals surface area contributed by atoms with Crippen LogP contribution in [0.25, 0.3) is 23.0 Å². The molecule has 3 heterocycles. The highest BCUT2D eigenvalue weighted by Crippen LogP contribution is 2.38. The van der Waals surface area contributed by atoms with E-state index < -0.39 is 15.9 Å². The zero-order chi connectivity index (χ0) is 25.4. The second-order valence-electron chi connectivity index (χ2n) is 8.40. The lowest BCUT2D eigenvalue weighted by Crippen LogP contribution is -2.39. The molecule has 2 aliphatic rings. The smallest absolute Gasteiger partial charge is 0.266 e. The zero-order valence-electron chi connectivity index (χ0n) is 19.3. The minimum absolute atomic E-state index is 0.0609. The van der Waals surface area contributed by atoms with Gasteiger partial charge in [0.15, 0.2) is 9.84 Å². The summed E-state index contributed by atoms with van der Waals surface area (Å²) in [6, 6.07) is 14.7. The van der Waals surface area contributed by atoms with Crippen molar-refractivity contribution in [2.75, 3.05) is 18.1 Å². The Morgan fingerprint density at radius 2 is 2.03 bits per heavy atom. The number of rotatable bonds is 6. The number of amides is 1. The topological polar surface area (TPSA) is 81.5 Å². The molecule has 186 valence electrons. The van der Waals surface area contributed by atoms with E-state index in [1.54, 1.807) is 22.9 Å². The molecule has 0 spiro atoms. The fraction of sp³-hybridized carbons (Fsp3) is 0.240. The van der Waals surface area contributed by atoms with E-state index in [1.165, 1.54) is 16.7 Å². The molecule has 5 rings (SSSR count). The molecule has 1 aromatic heterocycles. The maximum Gasteiger partial charge on any atom is 0.266 e. The van der Waals surface area contributed by atoms with Crippen LogP contribution in [0.15, 0.2) is 59.6 Å². The Morgan fingerprint density at radius 3 is 2.69 bits per heavy atom. The van der Waals surface area contributed by atoms with E-state index in [-0.39, 0.29) is 17.4 Å². The molecule has 0 bridgehead atoms. The van der Waals surface area contributed by atoms with Gasteiger partial charge in [0, 0.05) is 17.3 Å². The zero-order valence-corrected chi connectivity index (χ0v) is 22.5. The van der Waals surface area contributed by atoms with E-state index in [9.17, 15) is 13.2 Å². The number of para-hydroxylation sites is 1. The molecule has 0 saturated carbocycles. The largest absolute Gasteiger partial charge is 0.492 e. The number of ether oxygens (including phenoxy) is 1. The molecule has 2 fully saturated rings. The Labute approximate surface area is 224 Å². The van der Waals surface area contributed by atoms with Crippen LogP contribution in [0.4, 0.5) is 0 Å². The number of carbonyl (C=O) groups is 1. The molecule has 2 aliphatic heterocycles. The summed E-state index contributed by atoms with van der Waals surface area (Å²) in [4.78, 5) is 15.2. The van der Waals surface area contributed by atoms with Gasteiger partial charge in [-0.3, -0.25) is 9.69 Å². The van der Waals surface area contributed by atoms with Crippen LogP contribution in [0.1, 0.15) is 18.9 Å². The summed E-state index contributed by atoms with van der Waals surface area (Å²) in [5, 5.41) is 5.26. The minimum atomic E-state index is -3.16. The third-order valence-electron chi connectivity index (χ3n) is 5.95. The maximum absolute atomic E-state index is 13.3. The second-order valence-corrected chi connectivity index (χ2v) is 12.7. The first kappa shape index (κ1) is 25.0. The van der Waals surface area contributed by atoms with Gasteiger partial charge >= 0.3 is 0 Å². The highest BCUT2D eigenvalue weighted by molar-refractivity contribution is 8.26. The summed E-state index contributed by atoms with van der Waals surface area (Å²) >= 11 is 13.1. The van der Waals surface area contributed by atoms with Crippen LogP contribution in [0.2, 0.25) is 5.02 Å². The van der Waals surface area contributed by atoms with Crippen molar-refractivity contribution in [1.29, 1.82) is 0 Å². The van der Waals surface area contributed by atoms with E-state index in [4.69, 9.17) is 33.7 Å². The number of sulfone groups is 1. The Morgan fingerprint density at radius 1 is 1.25 bits per heavy atom. The minimum Gasteiger partial charge on any atom is -0.492 e. The standard InChI is InChI=1S/C25H22ClN3O4S3/c1-2-33-21-9-8-16(12-20(21)26)23-17(14-28(27-23)18-6-4-3-5-7-18)13-22-24(30)29(25(34)35-22)19-10-11-36(31,32)15-19/h3-9,12-14,19H,2,10-11,15H2,1H3/b22-13-. The van der Waals surface area contributed by atoms with Crippen molar-refractivity contribution in [3.8, 4) is 22.7 Å². The molecule has 2 saturated heterocycles. The Hall–Kier alpha value is -2.66. The predicted molar refractivity (Wildman–Crippen MR) is 147 cm³/mol. The summed E-state index contributed by atoms with van der Waals surface area (Å²) in [7, 11) is -3.16. The number of hydrogen-bond donors (Lipinski definition) is 0. The Balaban J connectivity index is 1.55. The first-order valence-electron chi connectivity index (χ1n) is 11.3. The number of thioether (sulfide) groups is 1. The third-order valence-corrected chi connectivity index (χ3v) is 9.33. The molecular formula is C25H22ClN3O4S3. The first-order chi connectivity index (χ1) is 17.3. The molecule has 0 aliphatic carbocycles. The van der Waals surface area contributed by atoms with E-state index >= 15 is 0 Å². The Kier molecular flexibility index (Phi) is 6.95. The van der Waals surface area contributed by atoms with Gasteiger partial charge < -0.3 is 4.74 Å². The van der Waals surface area contributed by atoms with Crippen LogP contribution in [-0.4, -0.2) is 57.5 Å². The van der Waals surface area contributed by atoms with E-state index in [0.717, 1.165) is 11.3 Å². The Bertz CT molecular complexity index is 1490. The number of carbonyl (C=O) groups excluding carboxylic acids is 1. The summed E-state index contributed by atoms with van der Waals surface area (Å²) in [5.41, 5.74) is 2.97. The van der Waals surface area contributed by atoms with Gasteiger partial charge in [-0.05, 0) is 49.8 Å². The summed E-state index contributed by atoms with van der Waals surface area (Å²) < 4.78 is 31.6. The van der Waals surface area contributed by atoms with Gasteiger partial charge in [-0.1, -0.05) is 53.8 Å². The maximum atomic E-state index is 13.3. The summed E-state index contributed by atoms with van der Waals surface area (Å²) in [6.07, 6.45) is 4.00. The quantitative estimate of drug-likeness (QED) is 0.311. The molecule has 7 nitrogen and oxygen atoms in total. The molecule has 1 atom stereocenters. The van der Waals surface area contributed by atoms with Crippen molar-refractivity contribution in [2.45, 2.75) is 19.4 Å². The van der Waals surface area contributed by atoms with Crippen molar-refractivity contribution in [3.05, 3.63) is 70.2 Å². The number of thiocarbonyl (C=S) groups is 1. The number of hydrogen-bond acceptors (Lipinski definition) is 7. The van der Waals surface area contributed by atoms with Crippen LogP contribution in [-0.2, 0) is 14.6 Å². The van der Waals surface area contributed by atoms with Crippen molar-refractivity contribution in [1.82, 2.24) is 14.7 Å². The van der Waals surface area contributed by atoms with Gasteiger partial charge in [0.05, 0.1) is 39.8 Å². The monoisotopic (exact) mass is 559 g/mol. The molecule has 1 amide bonds. The van der Waals surface area contributed by atoms with Crippen molar-refractivity contribution in [3.63, 3.8) is 0 Å². The normalized spacial score (nSPS) is 20.4. The SMILES string of the molecule is CCOc1ccc(-c2nn(-c3ccccc3)cc2/C=C2\SC(=S)N(C3CCS(=O)(=O)C3)C2=O)cc1Cl. The highest BCUT2D eigenvalue weighted by atomic mass is 35.5. The van der Waals surface area contributed by atoms with Crippen LogP contribution in [0.5, 0.6) is 5.75 Å². The van der Waals surface area contributed by atoms with Gasteiger partial charge in [-0.25, -0.2) is 13.1 Å². The van der Waals surface area contributed by atoms with Crippen LogP contribution in [0, 0.1) is 0 Å². The molecule has 3 aromatic rings. The molecule has 0 N–H and O–H groups in total. The molecule has 2 aromatic carbocycles. The van der Waals surface area contributed by atoms with Gasteiger partial charge in [0.2, 0.25) is 0 Å². The van der Waals surface area contributed by atoms with Gasteiger partial charge in [-0.2, -0.15) is 5.10 Å². The second kappa shape index (κ2) is 10.0. The van der Waals surface area contributed by atoms with E-state index in [0.29, 0.717) is 44.3 Å². The third kappa shape index (κ3) is 4.95. The van der Waals surface area contributed by atoms with Gasteiger partial charge in [-0.15, -0.1) is 0 Å². The summed E-state index contributed by atoms with van der Waals surface area (Å²) in [5.74, 6) is 0.309. The van der Waals surface area contributed by atoms with Crippen LogP contribution >= 0.6 is 35.6 Å². The predicted octanol–water partition coefficient (Wildman–Crippen LogP) is 4.98. The lowest BCUT2D eigenvalue weighted by atomic mass is 10.1. The van der Waals surface area contributed by atoms with Crippen LogP contribution < -0.4 is 4.74 Å². The number of benzene rings is 2. The molecule has 0 radical (unpaired) electrons.